The van der Waals surface area contributed by atoms with Crippen molar-refractivity contribution >= 4 is 23.1 Å². The minimum Gasteiger partial charge on any atom is -0.351 e. The predicted octanol–water partition coefficient (Wildman–Crippen LogP) is -0.0623. The topological polar surface area (TPSA) is 57.7 Å². The highest BCUT2D eigenvalue weighted by molar-refractivity contribution is 7.83. The average molecular weight is 250 g/mol. The van der Waals surface area contributed by atoms with Crippen molar-refractivity contribution in [1.29, 1.82) is 0 Å². The summed E-state index contributed by atoms with van der Waals surface area (Å²) < 4.78 is 9.56. The van der Waals surface area contributed by atoms with E-state index in [1.807, 2.05) is 7.05 Å². The van der Waals surface area contributed by atoms with Gasteiger partial charge in [-0.15, -0.1) is 0 Å². The Morgan fingerprint density at radius 2 is 1.75 bits per heavy atom. The van der Waals surface area contributed by atoms with Gasteiger partial charge in [-0.25, -0.2) is 0 Å². The molecule has 0 aromatic heterocycles. The summed E-state index contributed by atoms with van der Waals surface area (Å²) in [7, 11) is 4.61. The van der Waals surface area contributed by atoms with E-state index in [0.29, 0.717) is 5.91 Å². The Bertz CT molecular complexity index is 228. The Morgan fingerprint density at radius 3 is 1.81 bits per heavy atom. The summed E-state index contributed by atoms with van der Waals surface area (Å²) in [5.74, 6) is 0.292. The smallest absolute Gasteiger partial charge is 0.222 e. The Labute approximate surface area is 100 Å². The third-order valence-electron chi connectivity index (χ3n) is 1.52. The van der Waals surface area contributed by atoms with E-state index in [2.05, 4.69) is 0 Å². The minimum absolute atomic E-state index is 0.292. The molecule has 1 rings (SSSR count). The van der Waals surface area contributed by atoms with Gasteiger partial charge >= 0.3 is 0 Å². The maximum atomic E-state index is 10.5. The van der Waals surface area contributed by atoms with Crippen LogP contribution in [0.4, 0.5) is 0 Å². The molecule has 1 saturated heterocycles. The molecule has 96 valence electrons. The molecule has 0 saturated carbocycles. The molecule has 0 atom stereocenters. The maximum Gasteiger partial charge on any atom is 0.222 e. The first-order valence-corrected chi connectivity index (χ1v) is 6.88. The molecule has 0 unspecified atom stereocenters. The van der Waals surface area contributed by atoms with Crippen LogP contribution in [0.25, 0.3) is 0 Å². The Morgan fingerprint density at radius 1 is 1.38 bits per heavy atom. The minimum atomic E-state index is -0.611. The van der Waals surface area contributed by atoms with Gasteiger partial charge in [-0.05, 0) is 6.42 Å². The highest BCUT2D eigenvalue weighted by Crippen LogP contribution is 2.04. The fraction of sp³-hybridized carbons (Fsp3) is 0.800. The molecule has 5 nitrogen and oxygen atoms in total. The molecule has 0 aromatic rings. The van der Waals surface area contributed by atoms with Crippen LogP contribution in [0.15, 0.2) is 0 Å². The monoisotopic (exact) mass is 250 g/mol. The van der Waals surface area contributed by atoms with Gasteiger partial charge in [0.2, 0.25) is 12.3 Å². The molecular formula is C10H22N2O3S. The number of carbonyl (C=O) groups is 2. The van der Waals surface area contributed by atoms with Gasteiger partial charge in [0.1, 0.15) is 0 Å². The zero-order chi connectivity index (χ0) is 13.1. The van der Waals surface area contributed by atoms with Crippen LogP contribution in [-0.4, -0.2) is 66.5 Å². The molecule has 16 heavy (non-hydrogen) atoms. The van der Waals surface area contributed by atoms with Crippen LogP contribution < -0.4 is 0 Å². The first-order chi connectivity index (χ1) is 7.31. The van der Waals surface area contributed by atoms with Crippen LogP contribution in [0.1, 0.15) is 12.8 Å². The van der Waals surface area contributed by atoms with E-state index in [4.69, 9.17) is 0 Å². The quantitative estimate of drug-likeness (QED) is 0.613. The van der Waals surface area contributed by atoms with Crippen molar-refractivity contribution in [2.45, 2.75) is 12.8 Å². The molecule has 1 fully saturated rings. The highest BCUT2D eigenvalue weighted by Gasteiger charge is 2.14. The van der Waals surface area contributed by atoms with Gasteiger partial charge in [0.05, 0.1) is 0 Å². The van der Waals surface area contributed by atoms with Crippen molar-refractivity contribution in [2.24, 2.45) is 0 Å². The number of carbonyl (C=O) groups excluding carboxylic acids is 2. The molecule has 1 heterocycles. The molecule has 0 aromatic carbocycles. The van der Waals surface area contributed by atoms with Crippen LogP contribution in [0.2, 0.25) is 0 Å². The van der Waals surface area contributed by atoms with Gasteiger partial charge in [0.25, 0.3) is 0 Å². The third-order valence-corrected chi connectivity index (χ3v) is 1.52. The number of hydrogen-bond donors (Lipinski definition) is 0. The number of likely N-dealkylation sites (tertiary alicyclic amines) is 1. The van der Waals surface area contributed by atoms with E-state index >= 15 is 0 Å². The molecule has 2 amide bonds. The summed E-state index contributed by atoms with van der Waals surface area (Å²) in [6.07, 6.45) is 5.84. The van der Waals surface area contributed by atoms with Crippen LogP contribution >= 0.6 is 0 Å². The van der Waals surface area contributed by atoms with Gasteiger partial charge < -0.3 is 9.80 Å². The molecule has 1 aliphatic heterocycles. The lowest BCUT2D eigenvalue weighted by Crippen LogP contribution is -2.17. The van der Waals surface area contributed by atoms with Crippen molar-refractivity contribution in [2.75, 3.05) is 40.2 Å². The van der Waals surface area contributed by atoms with E-state index in [1.165, 1.54) is 4.90 Å². The molecule has 1 aliphatic rings. The summed E-state index contributed by atoms with van der Waals surface area (Å²) in [5.41, 5.74) is 0. The van der Waals surface area contributed by atoms with Crippen LogP contribution in [0.3, 0.4) is 0 Å². The van der Waals surface area contributed by atoms with Crippen LogP contribution in [-0.2, 0) is 20.4 Å². The first-order valence-electron chi connectivity index (χ1n) is 4.92. The van der Waals surface area contributed by atoms with E-state index in [1.54, 1.807) is 31.5 Å². The number of nitrogens with zero attached hydrogens (tertiary/aromatic N) is 2. The second kappa shape index (κ2) is 10.6. The Balaban J connectivity index is 0. The van der Waals surface area contributed by atoms with Gasteiger partial charge in [-0.1, -0.05) is 0 Å². The van der Waals surface area contributed by atoms with Crippen molar-refractivity contribution < 1.29 is 13.8 Å². The standard InChI is InChI=1S/C5H9NO.C3H7NO.C2H6OS/c1-6-4-2-3-5(6)7;1-4(2)3-5;1-4(2)3/h2-4H2,1H3;3H,1-2H3;1-2H3. The lowest BCUT2D eigenvalue weighted by Gasteiger charge is -2.03. The van der Waals surface area contributed by atoms with Gasteiger partial charge in [0.15, 0.2) is 0 Å². The molecule has 0 N–H and O–H groups in total. The van der Waals surface area contributed by atoms with E-state index in [9.17, 15) is 13.8 Å². The molecule has 6 heteroatoms. The number of amides is 2. The second-order valence-electron chi connectivity index (χ2n) is 3.73. The summed E-state index contributed by atoms with van der Waals surface area (Å²) >= 11 is 0. The lowest BCUT2D eigenvalue weighted by molar-refractivity contribution is -0.126. The van der Waals surface area contributed by atoms with Gasteiger partial charge in [-0.3, -0.25) is 13.8 Å². The summed E-state index contributed by atoms with van der Waals surface area (Å²) in [6.45, 7) is 0.957. The summed E-state index contributed by atoms with van der Waals surface area (Å²) in [5, 5.41) is 0. The summed E-state index contributed by atoms with van der Waals surface area (Å²) in [4.78, 5) is 23.1. The largest absolute Gasteiger partial charge is 0.351 e. The SMILES string of the molecule is CN(C)C=O.CN1CCCC1=O.CS(C)=O. The second-order valence-corrected chi connectivity index (χ2v) is 5.21. The molecular weight excluding hydrogens is 228 g/mol. The van der Waals surface area contributed by atoms with E-state index in [0.717, 1.165) is 25.8 Å². The average Bonchev–Trinajstić information content (AvgIpc) is 2.51. The zero-order valence-electron chi connectivity index (χ0n) is 10.7. The molecule has 0 aliphatic carbocycles. The highest BCUT2D eigenvalue weighted by atomic mass is 32.2. The summed E-state index contributed by atoms with van der Waals surface area (Å²) in [6, 6.07) is 0. The Kier molecular flexibility index (Phi) is 11.6. The van der Waals surface area contributed by atoms with Gasteiger partial charge in [-0.2, -0.15) is 0 Å². The number of rotatable bonds is 1. The molecule has 0 radical (unpaired) electrons. The van der Waals surface area contributed by atoms with Gasteiger partial charge in [0, 0.05) is 57.4 Å². The van der Waals surface area contributed by atoms with Crippen molar-refractivity contribution in [3.05, 3.63) is 0 Å². The molecule has 0 spiro atoms. The number of hydrogen-bond acceptors (Lipinski definition) is 3. The predicted molar refractivity (Wildman–Crippen MR) is 66.6 cm³/mol. The zero-order valence-corrected chi connectivity index (χ0v) is 11.5. The molecule has 0 bridgehead atoms. The fourth-order valence-corrected chi connectivity index (χ4v) is 0.783. The van der Waals surface area contributed by atoms with Crippen molar-refractivity contribution in [3.63, 3.8) is 0 Å². The fourth-order valence-electron chi connectivity index (χ4n) is 0.783. The third kappa shape index (κ3) is 15.6. The Hall–Kier alpha value is -0.910. The van der Waals surface area contributed by atoms with Crippen LogP contribution in [0, 0.1) is 0 Å². The first kappa shape index (κ1) is 17.5. The van der Waals surface area contributed by atoms with Crippen LogP contribution in [0.5, 0.6) is 0 Å². The van der Waals surface area contributed by atoms with E-state index < -0.39 is 10.8 Å². The van der Waals surface area contributed by atoms with Crippen molar-refractivity contribution in [3.8, 4) is 0 Å². The lowest BCUT2D eigenvalue weighted by atomic mass is 10.4. The normalized spacial score (nSPS) is 13.6. The van der Waals surface area contributed by atoms with Crippen molar-refractivity contribution in [1.82, 2.24) is 9.80 Å². The maximum absolute atomic E-state index is 10.5. The van der Waals surface area contributed by atoms with E-state index in [-0.39, 0.29) is 0 Å².